The minimum Gasteiger partial charge on any atom is -0.477 e. The van der Waals surface area contributed by atoms with Crippen molar-refractivity contribution in [2.45, 2.75) is 57.2 Å². The Bertz CT molecular complexity index is 1090. The van der Waals surface area contributed by atoms with Crippen molar-refractivity contribution in [3.63, 3.8) is 0 Å². The number of ether oxygens (including phenoxy) is 1. The normalized spacial score (nSPS) is 20.6. The number of esters is 1. The van der Waals surface area contributed by atoms with Gasteiger partial charge >= 0.3 is 11.9 Å². The van der Waals surface area contributed by atoms with Gasteiger partial charge in [-0.25, -0.2) is 9.59 Å². The summed E-state index contributed by atoms with van der Waals surface area (Å²) in [5.41, 5.74) is 2.74. The fourth-order valence-corrected chi connectivity index (χ4v) is 4.49. The van der Waals surface area contributed by atoms with Gasteiger partial charge in [-0.1, -0.05) is 5.16 Å². The zero-order valence-electron chi connectivity index (χ0n) is 19.0. The van der Waals surface area contributed by atoms with Gasteiger partial charge < -0.3 is 25.7 Å². The number of nitrogens with one attached hydrogen (secondary N) is 1. The van der Waals surface area contributed by atoms with Crippen molar-refractivity contribution in [1.82, 2.24) is 19.6 Å². The van der Waals surface area contributed by atoms with E-state index in [4.69, 9.17) is 15.3 Å². The summed E-state index contributed by atoms with van der Waals surface area (Å²) in [5.74, 6) is -3.19. The molecule has 1 unspecified atom stereocenters. The lowest BCUT2D eigenvalue weighted by atomic mass is 10.0. The van der Waals surface area contributed by atoms with E-state index in [9.17, 15) is 24.3 Å². The molecule has 0 spiro atoms. The molecule has 1 fully saturated rings. The summed E-state index contributed by atoms with van der Waals surface area (Å²) in [6.07, 6.45) is 1.43. The van der Waals surface area contributed by atoms with Crippen molar-refractivity contribution < 1.29 is 33.9 Å². The van der Waals surface area contributed by atoms with Gasteiger partial charge in [0.2, 0.25) is 17.1 Å². The number of nitrogens with zero attached hydrogens (tertiary/aromatic N) is 4. The van der Waals surface area contributed by atoms with Crippen molar-refractivity contribution in [3.8, 4) is 0 Å². The number of rotatable bonds is 7. The third-order valence-corrected chi connectivity index (χ3v) is 6.20. The van der Waals surface area contributed by atoms with Crippen LogP contribution in [0, 0.1) is 0 Å². The van der Waals surface area contributed by atoms with Gasteiger partial charge in [0.05, 0.1) is 0 Å². The molecule has 1 aromatic heterocycles. The predicted octanol–water partition coefficient (Wildman–Crippen LogP) is 0.330. The number of nitrogen functional groups attached to an aromatic ring is 1. The number of hydrogen-bond donors (Lipinski definition) is 3. The quantitative estimate of drug-likeness (QED) is 0.198. The Morgan fingerprint density at radius 3 is 2.53 bits per heavy atom. The van der Waals surface area contributed by atoms with Gasteiger partial charge in [0.1, 0.15) is 22.7 Å². The molecule has 0 bridgehead atoms. The first-order chi connectivity index (χ1) is 15.7. The first-order valence-electron chi connectivity index (χ1n) is 9.99. The molecule has 0 aromatic carbocycles. The third-order valence-electron chi connectivity index (χ3n) is 4.48. The molecular weight excluding hydrogens is 488 g/mol. The number of aromatic nitrogens is 2. The Labute approximate surface area is 202 Å². The zero-order chi connectivity index (χ0) is 25.4. The Balaban J connectivity index is 1.80. The number of carboxylic acid groups (broad SMARTS) is 1. The highest BCUT2D eigenvalue weighted by Gasteiger charge is 2.53. The Hall–Kier alpha value is -3.20. The van der Waals surface area contributed by atoms with Gasteiger partial charge in [-0.2, -0.15) is 9.36 Å². The SMILES string of the molecule is CC(C)(C)OC(=O)C(C)(C)ON=C(C(=O)NC1C(=O)N2C(C(=O)O)=CCS[C@@H]12)c1nsc(N)n1. The van der Waals surface area contributed by atoms with E-state index in [-0.39, 0.29) is 16.7 Å². The van der Waals surface area contributed by atoms with Crippen LogP contribution in [-0.2, 0) is 28.8 Å². The number of carbonyl (C=O) groups excluding carboxylic acids is 3. The van der Waals surface area contributed by atoms with Gasteiger partial charge in [0.25, 0.3) is 11.8 Å². The van der Waals surface area contributed by atoms with Crippen molar-refractivity contribution in [2.24, 2.45) is 5.16 Å². The summed E-state index contributed by atoms with van der Waals surface area (Å²) in [6.45, 7) is 7.90. The first kappa shape index (κ1) is 25.4. The van der Waals surface area contributed by atoms with E-state index in [0.29, 0.717) is 5.75 Å². The number of thioether (sulfide) groups is 1. The zero-order valence-corrected chi connectivity index (χ0v) is 20.7. The maximum absolute atomic E-state index is 13.0. The van der Waals surface area contributed by atoms with E-state index >= 15 is 0 Å². The van der Waals surface area contributed by atoms with Crippen LogP contribution in [0.2, 0.25) is 0 Å². The summed E-state index contributed by atoms with van der Waals surface area (Å²) in [5, 5.41) is 15.1. The molecule has 1 saturated heterocycles. The smallest absolute Gasteiger partial charge is 0.353 e. The molecule has 0 aliphatic carbocycles. The lowest BCUT2D eigenvalue weighted by Gasteiger charge is -2.48. The first-order valence-corrected chi connectivity index (χ1v) is 11.8. The van der Waals surface area contributed by atoms with E-state index in [2.05, 4.69) is 19.8 Å². The Kier molecular flexibility index (Phi) is 6.89. The number of fused-ring (bicyclic) bond motifs is 1. The number of amides is 2. The lowest BCUT2D eigenvalue weighted by Crippen LogP contribution is -2.70. The molecule has 2 aliphatic rings. The number of carbonyl (C=O) groups is 4. The van der Waals surface area contributed by atoms with Crippen molar-refractivity contribution in [2.75, 3.05) is 11.5 Å². The van der Waals surface area contributed by atoms with Gasteiger partial charge in [-0.3, -0.25) is 14.5 Å². The van der Waals surface area contributed by atoms with E-state index in [1.807, 2.05) is 0 Å². The van der Waals surface area contributed by atoms with E-state index in [1.165, 1.54) is 31.7 Å². The van der Waals surface area contributed by atoms with Crippen LogP contribution in [0.25, 0.3) is 0 Å². The van der Waals surface area contributed by atoms with Crippen molar-refractivity contribution in [3.05, 3.63) is 17.6 Å². The highest BCUT2D eigenvalue weighted by molar-refractivity contribution is 8.00. The van der Waals surface area contributed by atoms with Gasteiger partial charge in [-0.15, -0.1) is 11.8 Å². The number of hydrogen-bond acceptors (Lipinski definition) is 12. The number of carboxylic acids is 1. The fourth-order valence-electron chi connectivity index (χ4n) is 2.86. The summed E-state index contributed by atoms with van der Waals surface area (Å²) >= 11 is 2.11. The van der Waals surface area contributed by atoms with Crippen LogP contribution in [0.4, 0.5) is 5.13 Å². The largest absolute Gasteiger partial charge is 0.477 e. The van der Waals surface area contributed by atoms with Crippen LogP contribution in [0.3, 0.4) is 0 Å². The molecule has 2 amide bonds. The van der Waals surface area contributed by atoms with Crippen molar-refractivity contribution >= 4 is 57.9 Å². The maximum atomic E-state index is 13.0. The average Bonchev–Trinajstić information content (AvgIpc) is 3.15. The van der Waals surface area contributed by atoms with Gasteiger partial charge in [0, 0.05) is 17.3 Å². The second-order valence-corrected chi connectivity index (χ2v) is 10.7. The third kappa shape index (κ3) is 5.30. The number of β-lactam (4-membered cyclic amide) rings is 1. The monoisotopic (exact) mass is 512 g/mol. The maximum Gasteiger partial charge on any atom is 0.353 e. The minimum absolute atomic E-state index is 0.0619. The van der Waals surface area contributed by atoms with E-state index in [0.717, 1.165) is 16.4 Å². The fraction of sp³-hybridized carbons (Fsp3) is 0.526. The van der Waals surface area contributed by atoms with Crippen molar-refractivity contribution in [1.29, 1.82) is 0 Å². The van der Waals surface area contributed by atoms with Crippen LogP contribution in [0.15, 0.2) is 16.9 Å². The molecule has 2 atom stereocenters. The summed E-state index contributed by atoms with van der Waals surface area (Å²) in [6, 6.07) is -0.999. The molecule has 1 aromatic rings. The van der Waals surface area contributed by atoms with Crippen LogP contribution < -0.4 is 11.1 Å². The molecule has 0 saturated carbocycles. The van der Waals surface area contributed by atoms with Crippen LogP contribution in [0.5, 0.6) is 0 Å². The molecule has 13 nitrogen and oxygen atoms in total. The lowest BCUT2D eigenvalue weighted by molar-refractivity contribution is -0.179. The van der Waals surface area contributed by atoms with Crippen LogP contribution in [-0.4, -0.2) is 77.2 Å². The number of nitrogens with two attached hydrogens (primary N) is 1. The van der Waals surface area contributed by atoms with Gasteiger partial charge in [0.15, 0.2) is 5.13 Å². The molecule has 4 N–H and O–H groups in total. The minimum atomic E-state index is -1.57. The van der Waals surface area contributed by atoms with Crippen LogP contribution >= 0.6 is 23.3 Å². The average molecular weight is 513 g/mol. The second kappa shape index (κ2) is 9.21. The Morgan fingerprint density at radius 2 is 1.97 bits per heavy atom. The molecule has 34 heavy (non-hydrogen) atoms. The standard InChI is InChI=1S/C19H24N6O7S2/c1-18(2,3)31-16(30)19(4,5)32-23-9(11-22-17(20)34-24-11)12(26)21-10-13(27)25-8(15(28)29)6-7-33-14(10)25/h6,10,14H,7H2,1-5H3,(H,21,26)(H,28,29)(H2,20,22,24)/t10?,14-/m0/s1. The van der Waals surface area contributed by atoms with E-state index < -0.39 is 52.1 Å². The van der Waals surface area contributed by atoms with E-state index in [1.54, 1.807) is 20.8 Å². The topological polar surface area (TPSA) is 186 Å². The molecule has 184 valence electrons. The second-order valence-electron chi connectivity index (χ2n) is 8.78. The highest BCUT2D eigenvalue weighted by atomic mass is 32.2. The highest BCUT2D eigenvalue weighted by Crippen LogP contribution is 2.37. The number of aliphatic carboxylic acids is 1. The number of anilines is 1. The number of oxime groups is 1. The molecule has 2 aliphatic heterocycles. The van der Waals surface area contributed by atoms with Crippen LogP contribution in [0.1, 0.15) is 40.4 Å². The molecular formula is C19H24N6O7S2. The molecule has 3 rings (SSSR count). The van der Waals surface area contributed by atoms with Gasteiger partial charge in [-0.05, 0) is 40.7 Å². The Morgan fingerprint density at radius 1 is 1.29 bits per heavy atom. The predicted molar refractivity (Wildman–Crippen MR) is 123 cm³/mol. The molecule has 15 heteroatoms. The summed E-state index contributed by atoms with van der Waals surface area (Å²) in [4.78, 5) is 59.8. The molecule has 0 radical (unpaired) electrons. The summed E-state index contributed by atoms with van der Waals surface area (Å²) < 4.78 is 9.27. The molecule has 3 heterocycles. The summed E-state index contributed by atoms with van der Waals surface area (Å²) in [7, 11) is 0.